The molecule has 1 heterocycles. The zero-order valence-electron chi connectivity index (χ0n) is 14.7. The third kappa shape index (κ3) is 3.19. The van der Waals surface area contributed by atoms with Crippen LogP contribution in [0.15, 0.2) is 36.4 Å². The average molecular weight is 355 g/mol. The molecular weight excluding hydrogens is 333 g/mol. The van der Waals surface area contributed by atoms with Gasteiger partial charge >= 0.3 is 0 Å². The Labute approximate surface area is 152 Å². The minimum absolute atomic E-state index is 0.171. The number of rotatable bonds is 4. The minimum Gasteiger partial charge on any atom is -0.493 e. The quantitative estimate of drug-likeness (QED) is 0.885. The summed E-state index contributed by atoms with van der Waals surface area (Å²) in [7, 11) is 0. The number of hydrogen-bond donors (Lipinski definition) is 2. The molecule has 0 spiro atoms. The molecule has 2 N–H and O–H groups in total. The second-order valence-corrected chi connectivity index (χ2v) is 7.27. The number of ether oxygens (including phenoxy) is 1. The van der Waals surface area contributed by atoms with Gasteiger partial charge in [-0.15, -0.1) is 0 Å². The molecule has 1 aliphatic heterocycles. The molecule has 136 valence electrons. The lowest BCUT2D eigenvalue weighted by molar-refractivity contribution is 0.0235. The second kappa shape index (κ2) is 6.72. The lowest BCUT2D eigenvalue weighted by Gasteiger charge is -2.38. The Morgan fingerprint density at radius 2 is 2.08 bits per heavy atom. The zero-order valence-corrected chi connectivity index (χ0v) is 14.7. The molecule has 1 saturated carbocycles. The van der Waals surface area contributed by atoms with E-state index in [-0.39, 0.29) is 29.8 Å². The summed E-state index contributed by atoms with van der Waals surface area (Å²) in [6.07, 6.45) is 1.86. The largest absolute Gasteiger partial charge is 0.493 e. The van der Waals surface area contributed by atoms with Crippen LogP contribution in [0.2, 0.25) is 0 Å². The molecule has 0 saturated heterocycles. The maximum atomic E-state index is 13.8. The standard InChI is InChI=1S/C21H22FNO3/c1-12-2-3-15(11-18(12)22)21(25)23-20(16-9-17(24)10-16)14-4-5-19-13(8-14)6-7-26-19/h2-5,8,11,16-17,20,24H,6-7,9-10H2,1H3,(H,23,25)/t16?,17?,20-/m0/s1. The maximum absolute atomic E-state index is 13.8. The van der Waals surface area contributed by atoms with Gasteiger partial charge in [0.15, 0.2) is 0 Å². The lowest BCUT2D eigenvalue weighted by atomic mass is 9.74. The Kier molecular flexibility index (Phi) is 4.41. The molecule has 1 fully saturated rings. The van der Waals surface area contributed by atoms with Crippen LogP contribution in [0.3, 0.4) is 0 Å². The molecule has 1 aliphatic carbocycles. The third-order valence-electron chi connectivity index (χ3n) is 5.41. The van der Waals surface area contributed by atoms with Gasteiger partial charge in [-0.2, -0.15) is 0 Å². The van der Waals surface area contributed by atoms with Crippen molar-refractivity contribution in [1.29, 1.82) is 0 Å². The van der Waals surface area contributed by atoms with Crippen molar-refractivity contribution in [1.82, 2.24) is 5.32 Å². The number of aliphatic hydroxyl groups excluding tert-OH is 1. The number of aryl methyl sites for hydroxylation is 1. The summed E-state index contributed by atoms with van der Waals surface area (Å²) in [6, 6.07) is 10.3. The molecule has 4 nitrogen and oxygen atoms in total. The molecule has 2 aromatic carbocycles. The van der Waals surface area contributed by atoms with Crippen molar-refractivity contribution in [3.8, 4) is 5.75 Å². The summed E-state index contributed by atoms with van der Waals surface area (Å²) >= 11 is 0. The SMILES string of the molecule is Cc1ccc(C(=O)N[C@@H](c2ccc3c(c2)CCO3)C2CC(O)C2)cc1F. The van der Waals surface area contributed by atoms with Crippen molar-refractivity contribution in [2.75, 3.05) is 6.61 Å². The summed E-state index contributed by atoms with van der Waals surface area (Å²) in [5.74, 6) is 0.382. The van der Waals surface area contributed by atoms with E-state index in [1.807, 2.05) is 12.1 Å². The molecule has 0 bridgehead atoms. The van der Waals surface area contributed by atoms with Gasteiger partial charge in [-0.3, -0.25) is 4.79 Å². The van der Waals surface area contributed by atoms with Crippen molar-refractivity contribution in [2.24, 2.45) is 5.92 Å². The Hall–Kier alpha value is -2.40. The first-order valence-corrected chi connectivity index (χ1v) is 9.02. The van der Waals surface area contributed by atoms with Crippen molar-refractivity contribution >= 4 is 5.91 Å². The second-order valence-electron chi connectivity index (χ2n) is 7.27. The van der Waals surface area contributed by atoms with E-state index in [9.17, 15) is 14.3 Å². The summed E-state index contributed by atoms with van der Waals surface area (Å²) in [6.45, 7) is 2.35. The number of carbonyl (C=O) groups is 1. The van der Waals surface area contributed by atoms with Crippen molar-refractivity contribution in [3.05, 3.63) is 64.5 Å². The molecule has 5 heteroatoms. The fraction of sp³-hybridized carbons (Fsp3) is 0.381. The number of amides is 1. The first-order chi connectivity index (χ1) is 12.5. The number of benzene rings is 2. The fourth-order valence-electron chi connectivity index (χ4n) is 3.73. The van der Waals surface area contributed by atoms with E-state index in [2.05, 4.69) is 11.4 Å². The van der Waals surface area contributed by atoms with Gasteiger partial charge < -0.3 is 15.2 Å². The number of halogens is 1. The van der Waals surface area contributed by atoms with E-state index >= 15 is 0 Å². The van der Waals surface area contributed by atoms with Crippen molar-refractivity contribution in [3.63, 3.8) is 0 Å². The number of hydrogen-bond acceptors (Lipinski definition) is 3. The molecule has 26 heavy (non-hydrogen) atoms. The van der Waals surface area contributed by atoms with Gasteiger partial charge in [0, 0.05) is 12.0 Å². The highest BCUT2D eigenvalue weighted by Gasteiger charge is 2.36. The predicted molar refractivity (Wildman–Crippen MR) is 95.7 cm³/mol. The first-order valence-electron chi connectivity index (χ1n) is 9.02. The van der Waals surface area contributed by atoms with Gasteiger partial charge in [0.1, 0.15) is 11.6 Å². The maximum Gasteiger partial charge on any atom is 0.251 e. The highest BCUT2D eigenvalue weighted by molar-refractivity contribution is 5.94. The highest BCUT2D eigenvalue weighted by atomic mass is 19.1. The summed E-state index contributed by atoms with van der Waals surface area (Å²) in [5, 5.41) is 12.8. The average Bonchev–Trinajstić information content (AvgIpc) is 3.07. The summed E-state index contributed by atoms with van der Waals surface area (Å²) in [5.41, 5.74) is 2.97. The number of carbonyl (C=O) groups excluding carboxylic acids is 1. The predicted octanol–water partition coefficient (Wildman–Crippen LogP) is 3.31. The Morgan fingerprint density at radius 1 is 1.27 bits per heavy atom. The smallest absolute Gasteiger partial charge is 0.251 e. The minimum atomic E-state index is -0.386. The van der Waals surface area contributed by atoms with Gasteiger partial charge in [0.2, 0.25) is 0 Å². The normalized spacial score (nSPS) is 22.1. The topological polar surface area (TPSA) is 58.6 Å². The van der Waals surface area contributed by atoms with E-state index in [0.717, 1.165) is 23.3 Å². The van der Waals surface area contributed by atoms with Crippen LogP contribution in [0.1, 0.15) is 45.9 Å². The van der Waals surface area contributed by atoms with Crippen LogP contribution >= 0.6 is 0 Å². The van der Waals surface area contributed by atoms with Gasteiger partial charge in [-0.25, -0.2) is 4.39 Å². The van der Waals surface area contributed by atoms with Crippen LogP contribution in [0, 0.1) is 18.7 Å². The zero-order chi connectivity index (χ0) is 18.3. The summed E-state index contributed by atoms with van der Waals surface area (Å²) in [4.78, 5) is 12.7. The Balaban J connectivity index is 1.59. The Bertz CT molecular complexity index is 845. The van der Waals surface area contributed by atoms with Crippen LogP contribution in [0.5, 0.6) is 5.75 Å². The van der Waals surface area contributed by atoms with Crippen molar-refractivity contribution < 1.29 is 19.0 Å². The van der Waals surface area contributed by atoms with Gasteiger partial charge in [-0.1, -0.05) is 12.1 Å². The number of fused-ring (bicyclic) bond motifs is 1. The molecule has 2 aromatic rings. The first kappa shape index (κ1) is 17.0. The van der Waals surface area contributed by atoms with E-state index < -0.39 is 0 Å². The number of nitrogens with one attached hydrogen (secondary N) is 1. The number of aliphatic hydroxyl groups is 1. The molecule has 2 aliphatic rings. The fourth-order valence-corrected chi connectivity index (χ4v) is 3.73. The molecule has 0 aromatic heterocycles. The van der Waals surface area contributed by atoms with E-state index in [4.69, 9.17) is 4.74 Å². The monoisotopic (exact) mass is 355 g/mol. The van der Waals surface area contributed by atoms with Crippen LogP contribution in [0.25, 0.3) is 0 Å². The van der Waals surface area contributed by atoms with E-state index in [1.54, 1.807) is 19.1 Å². The molecule has 1 amide bonds. The van der Waals surface area contributed by atoms with E-state index in [1.165, 1.54) is 6.07 Å². The van der Waals surface area contributed by atoms with Crippen LogP contribution in [0.4, 0.5) is 4.39 Å². The van der Waals surface area contributed by atoms with Crippen LogP contribution in [-0.2, 0) is 6.42 Å². The highest BCUT2D eigenvalue weighted by Crippen LogP contribution is 2.40. The lowest BCUT2D eigenvalue weighted by Crippen LogP contribution is -2.41. The van der Waals surface area contributed by atoms with Crippen molar-refractivity contribution in [2.45, 2.75) is 38.3 Å². The summed E-state index contributed by atoms with van der Waals surface area (Å²) < 4.78 is 19.4. The van der Waals surface area contributed by atoms with Crippen LogP contribution < -0.4 is 10.1 Å². The molecule has 4 rings (SSSR count). The molecular formula is C21H22FNO3. The van der Waals surface area contributed by atoms with Crippen LogP contribution in [-0.4, -0.2) is 23.7 Å². The molecule has 1 atom stereocenters. The van der Waals surface area contributed by atoms with Gasteiger partial charge in [0.25, 0.3) is 5.91 Å². The van der Waals surface area contributed by atoms with Gasteiger partial charge in [0.05, 0.1) is 18.8 Å². The van der Waals surface area contributed by atoms with Gasteiger partial charge in [-0.05, 0) is 66.6 Å². The Morgan fingerprint density at radius 3 is 2.81 bits per heavy atom. The van der Waals surface area contributed by atoms with E-state index in [0.29, 0.717) is 30.6 Å². The molecule has 0 radical (unpaired) electrons. The molecule has 0 unspecified atom stereocenters. The third-order valence-corrected chi connectivity index (χ3v) is 5.41.